The number of nitrogens with two attached hydrogens (primary N) is 1. The number of halogens is 1. The molecule has 0 fully saturated rings. The van der Waals surface area contributed by atoms with E-state index < -0.39 is 0 Å². The molecule has 1 heterocycles. The summed E-state index contributed by atoms with van der Waals surface area (Å²) in [6.07, 6.45) is 1.61. The van der Waals surface area contributed by atoms with E-state index in [-0.39, 0.29) is 11.6 Å². The van der Waals surface area contributed by atoms with Crippen LogP contribution in [0.4, 0.5) is 5.82 Å². The van der Waals surface area contributed by atoms with Crippen molar-refractivity contribution in [1.82, 2.24) is 4.98 Å². The molecule has 1 aromatic heterocycles. The molecule has 92 valence electrons. The Kier molecular flexibility index (Phi) is 3.48. The normalized spacial score (nSPS) is 10.4. The van der Waals surface area contributed by atoms with E-state index in [1.165, 1.54) is 0 Å². The third kappa shape index (κ3) is 2.29. The molecule has 4 heteroatoms. The second-order valence-electron chi connectivity index (χ2n) is 4.18. The number of carbonyl (C=O) groups is 1. The molecule has 0 atom stereocenters. The molecule has 2 rings (SSSR count). The van der Waals surface area contributed by atoms with E-state index >= 15 is 0 Å². The van der Waals surface area contributed by atoms with Crippen molar-refractivity contribution in [3.8, 4) is 0 Å². The Labute approximate surface area is 114 Å². The van der Waals surface area contributed by atoms with Gasteiger partial charge in [-0.25, -0.2) is 4.98 Å². The van der Waals surface area contributed by atoms with E-state index in [1.807, 2.05) is 26.0 Å². The molecule has 2 aromatic rings. The molecule has 0 aliphatic rings. The van der Waals surface area contributed by atoms with Gasteiger partial charge in [-0.3, -0.25) is 4.79 Å². The number of nitrogen functional groups attached to an aromatic ring is 1. The van der Waals surface area contributed by atoms with Crippen LogP contribution in [0.2, 0.25) is 0 Å². The standard InChI is InChI=1S/C14H13BrN2O/c1-8-5-6-17-14(16)12(8)13(18)11-4-3-10(15)7-9(11)2/h3-7H,1-2H3,(H2,16,17). The molecule has 1 aromatic carbocycles. The summed E-state index contributed by atoms with van der Waals surface area (Å²) in [6.45, 7) is 3.76. The Balaban J connectivity index is 2.55. The van der Waals surface area contributed by atoms with Crippen molar-refractivity contribution >= 4 is 27.5 Å². The van der Waals surface area contributed by atoms with Crippen molar-refractivity contribution in [1.29, 1.82) is 0 Å². The molecular weight excluding hydrogens is 292 g/mol. The summed E-state index contributed by atoms with van der Waals surface area (Å²) in [6, 6.07) is 7.35. The average molecular weight is 305 g/mol. The number of aromatic nitrogens is 1. The lowest BCUT2D eigenvalue weighted by molar-refractivity contribution is 0.103. The fraction of sp³-hybridized carbons (Fsp3) is 0.143. The summed E-state index contributed by atoms with van der Waals surface area (Å²) >= 11 is 3.38. The zero-order valence-electron chi connectivity index (χ0n) is 10.2. The van der Waals surface area contributed by atoms with Crippen LogP contribution >= 0.6 is 15.9 Å². The minimum atomic E-state index is -0.0805. The number of anilines is 1. The molecule has 3 nitrogen and oxygen atoms in total. The number of rotatable bonds is 2. The van der Waals surface area contributed by atoms with Crippen LogP contribution in [0.25, 0.3) is 0 Å². The second kappa shape index (κ2) is 4.90. The van der Waals surface area contributed by atoms with Crippen LogP contribution in [0.15, 0.2) is 34.9 Å². The van der Waals surface area contributed by atoms with Crippen LogP contribution < -0.4 is 5.73 Å². The second-order valence-corrected chi connectivity index (χ2v) is 5.09. The molecule has 0 saturated heterocycles. The van der Waals surface area contributed by atoms with Gasteiger partial charge in [-0.05, 0) is 49.2 Å². The van der Waals surface area contributed by atoms with E-state index in [1.54, 1.807) is 18.3 Å². The van der Waals surface area contributed by atoms with Gasteiger partial charge < -0.3 is 5.73 Å². The lowest BCUT2D eigenvalue weighted by Gasteiger charge is -2.09. The van der Waals surface area contributed by atoms with Crippen molar-refractivity contribution in [2.75, 3.05) is 5.73 Å². The van der Waals surface area contributed by atoms with Gasteiger partial charge in [0.1, 0.15) is 5.82 Å². The number of hydrogen-bond acceptors (Lipinski definition) is 3. The smallest absolute Gasteiger partial charge is 0.197 e. The Bertz CT molecular complexity index is 603. The van der Waals surface area contributed by atoms with Gasteiger partial charge in [0.05, 0.1) is 5.56 Å². The van der Waals surface area contributed by atoms with Gasteiger partial charge in [-0.15, -0.1) is 0 Å². The predicted octanol–water partition coefficient (Wildman–Crippen LogP) is 3.27. The highest BCUT2D eigenvalue weighted by molar-refractivity contribution is 9.10. The van der Waals surface area contributed by atoms with Gasteiger partial charge in [0, 0.05) is 16.2 Å². The molecule has 0 aliphatic carbocycles. The van der Waals surface area contributed by atoms with Crippen molar-refractivity contribution in [2.45, 2.75) is 13.8 Å². The summed E-state index contributed by atoms with van der Waals surface area (Å²) in [5.74, 6) is 0.199. The summed E-state index contributed by atoms with van der Waals surface area (Å²) in [5.41, 5.74) is 8.70. The molecule has 18 heavy (non-hydrogen) atoms. The number of nitrogens with zero attached hydrogens (tertiary/aromatic N) is 1. The maximum absolute atomic E-state index is 12.5. The van der Waals surface area contributed by atoms with Gasteiger partial charge >= 0.3 is 0 Å². The number of carbonyl (C=O) groups excluding carboxylic acids is 1. The van der Waals surface area contributed by atoms with Crippen LogP contribution in [0.5, 0.6) is 0 Å². The molecule has 0 bridgehead atoms. The first-order valence-corrected chi connectivity index (χ1v) is 6.32. The topological polar surface area (TPSA) is 56.0 Å². The first-order valence-electron chi connectivity index (χ1n) is 5.52. The Morgan fingerprint density at radius 1 is 1.22 bits per heavy atom. The number of pyridine rings is 1. The van der Waals surface area contributed by atoms with Crippen LogP contribution in [0.1, 0.15) is 27.0 Å². The van der Waals surface area contributed by atoms with E-state index in [2.05, 4.69) is 20.9 Å². The largest absolute Gasteiger partial charge is 0.383 e. The minimum absolute atomic E-state index is 0.0805. The maximum Gasteiger partial charge on any atom is 0.197 e. The maximum atomic E-state index is 12.5. The van der Waals surface area contributed by atoms with Crippen LogP contribution in [0.3, 0.4) is 0 Å². The number of ketones is 1. The average Bonchev–Trinajstić information content (AvgIpc) is 2.28. The Morgan fingerprint density at radius 3 is 2.56 bits per heavy atom. The zero-order valence-corrected chi connectivity index (χ0v) is 11.8. The van der Waals surface area contributed by atoms with Crippen molar-refractivity contribution in [3.63, 3.8) is 0 Å². The summed E-state index contributed by atoms with van der Waals surface area (Å²) < 4.78 is 0.951. The highest BCUT2D eigenvalue weighted by Gasteiger charge is 2.17. The summed E-state index contributed by atoms with van der Waals surface area (Å²) in [4.78, 5) is 16.5. The first kappa shape index (κ1) is 12.8. The van der Waals surface area contributed by atoms with E-state index in [0.29, 0.717) is 11.1 Å². The van der Waals surface area contributed by atoms with Crippen LogP contribution in [0, 0.1) is 13.8 Å². The van der Waals surface area contributed by atoms with Gasteiger partial charge in [0.2, 0.25) is 0 Å². The van der Waals surface area contributed by atoms with Crippen molar-refractivity contribution < 1.29 is 4.79 Å². The number of hydrogen-bond donors (Lipinski definition) is 1. The highest BCUT2D eigenvalue weighted by atomic mass is 79.9. The van der Waals surface area contributed by atoms with E-state index in [0.717, 1.165) is 15.6 Å². The molecular formula is C14H13BrN2O. The minimum Gasteiger partial charge on any atom is -0.383 e. The Hall–Kier alpha value is -1.68. The molecule has 0 amide bonds. The highest BCUT2D eigenvalue weighted by Crippen LogP contribution is 2.22. The number of aryl methyl sites for hydroxylation is 2. The third-order valence-corrected chi connectivity index (χ3v) is 3.34. The molecule has 0 saturated carbocycles. The van der Waals surface area contributed by atoms with Gasteiger partial charge in [-0.1, -0.05) is 15.9 Å². The molecule has 0 unspecified atom stereocenters. The third-order valence-electron chi connectivity index (χ3n) is 2.85. The zero-order chi connectivity index (χ0) is 13.3. The van der Waals surface area contributed by atoms with E-state index in [9.17, 15) is 4.79 Å². The van der Waals surface area contributed by atoms with Gasteiger partial charge in [-0.2, -0.15) is 0 Å². The quantitative estimate of drug-likeness (QED) is 0.866. The van der Waals surface area contributed by atoms with Gasteiger partial charge in [0.25, 0.3) is 0 Å². The Morgan fingerprint density at radius 2 is 1.94 bits per heavy atom. The van der Waals surface area contributed by atoms with E-state index in [4.69, 9.17) is 5.73 Å². The number of benzene rings is 1. The fourth-order valence-electron chi connectivity index (χ4n) is 1.89. The SMILES string of the molecule is Cc1cc(Br)ccc1C(=O)c1c(C)ccnc1N. The summed E-state index contributed by atoms with van der Waals surface area (Å²) in [7, 11) is 0. The predicted molar refractivity (Wildman–Crippen MR) is 75.7 cm³/mol. The fourth-order valence-corrected chi connectivity index (χ4v) is 2.37. The molecule has 0 radical (unpaired) electrons. The van der Waals surface area contributed by atoms with Crippen LogP contribution in [-0.4, -0.2) is 10.8 Å². The monoisotopic (exact) mass is 304 g/mol. The summed E-state index contributed by atoms with van der Waals surface area (Å²) in [5, 5.41) is 0. The van der Waals surface area contributed by atoms with Crippen molar-refractivity contribution in [2.24, 2.45) is 0 Å². The van der Waals surface area contributed by atoms with Crippen molar-refractivity contribution in [3.05, 3.63) is 57.2 Å². The molecule has 2 N–H and O–H groups in total. The lowest BCUT2D eigenvalue weighted by Crippen LogP contribution is -2.10. The lowest BCUT2D eigenvalue weighted by atomic mass is 9.97. The molecule has 0 aliphatic heterocycles. The van der Waals surface area contributed by atoms with Gasteiger partial charge in [0.15, 0.2) is 5.78 Å². The molecule has 0 spiro atoms. The first-order chi connectivity index (χ1) is 8.50. The van der Waals surface area contributed by atoms with Crippen LogP contribution in [-0.2, 0) is 0 Å².